The maximum Gasteiger partial charge on any atom is 0.271 e. The molecule has 0 atom stereocenters. The van der Waals surface area contributed by atoms with Crippen molar-refractivity contribution in [1.29, 1.82) is 0 Å². The molecule has 0 saturated carbocycles. The predicted molar refractivity (Wildman–Crippen MR) is 87.8 cm³/mol. The second kappa shape index (κ2) is 8.00. The molecule has 0 aliphatic carbocycles. The number of hydrogen-bond donors (Lipinski definition) is 1. The Morgan fingerprint density at radius 3 is 3.00 bits per heavy atom. The van der Waals surface area contributed by atoms with Gasteiger partial charge in [-0.2, -0.15) is 0 Å². The summed E-state index contributed by atoms with van der Waals surface area (Å²) in [5.41, 5.74) is 1.30. The summed E-state index contributed by atoms with van der Waals surface area (Å²) in [4.78, 5) is 20.2. The second-order valence-electron chi connectivity index (χ2n) is 4.47. The average molecular weight is 338 g/mol. The van der Waals surface area contributed by atoms with Gasteiger partial charge in [0.2, 0.25) is 0 Å². The highest BCUT2D eigenvalue weighted by molar-refractivity contribution is 7.98. The monoisotopic (exact) mass is 337 g/mol. The number of nitrogens with one attached hydrogen (secondary N) is 1. The quantitative estimate of drug-likeness (QED) is 0.499. The van der Waals surface area contributed by atoms with Crippen LogP contribution in [-0.4, -0.2) is 35.3 Å². The Morgan fingerprint density at radius 2 is 2.27 bits per heavy atom. The number of carbonyl (C=O) groups excluding carboxylic acids is 1. The van der Waals surface area contributed by atoms with Crippen LogP contribution in [0.25, 0.3) is 0 Å². The molecule has 2 aromatic rings. The third-order valence-electron chi connectivity index (χ3n) is 2.77. The molecule has 0 radical (unpaired) electrons. The number of hydrogen-bond acceptors (Lipinski definition) is 5. The lowest BCUT2D eigenvalue weighted by atomic mass is 10.2. The highest BCUT2D eigenvalue weighted by Gasteiger charge is 2.13. The third kappa shape index (κ3) is 4.61. The van der Waals surface area contributed by atoms with E-state index in [9.17, 15) is 4.79 Å². The summed E-state index contributed by atoms with van der Waals surface area (Å²) in [6.07, 6.45) is 3.26. The van der Waals surface area contributed by atoms with Gasteiger partial charge < -0.3 is 10.1 Å². The molecule has 0 aliphatic rings. The lowest BCUT2D eigenvalue weighted by Gasteiger charge is -2.09. The van der Waals surface area contributed by atoms with Crippen molar-refractivity contribution >= 4 is 29.3 Å². The summed E-state index contributed by atoms with van der Waals surface area (Å²) in [7, 11) is 0. The van der Waals surface area contributed by atoms with E-state index in [0.29, 0.717) is 18.3 Å². The van der Waals surface area contributed by atoms with Crippen LogP contribution >= 0.6 is 23.4 Å². The third-order valence-corrected chi connectivity index (χ3v) is 3.60. The molecule has 22 heavy (non-hydrogen) atoms. The molecule has 0 fully saturated rings. The molecule has 1 amide bonds. The van der Waals surface area contributed by atoms with Gasteiger partial charge in [0, 0.05) is 0 Å². The van der Waals surface area contributed by atoms with Crippen LogP contribution in [0.4, 0.5) is 0 Å². The highest BCUT2D eigenvalue weighted by atomic mass is 35.5. The molecular weight excluding hydrogens is 322 g/mol. The molecule has 7 heteroatoms. The topological polar surface area (TPSA) is 64.1 Å². The van der Waals surface area contributed by atoms with Crippen molar-refractivity contribution < 1.29 is 9.53 Å². The smallest absolute Gasteiger partial charge is 0.271 e. The summed E-state index contributed by atoms with van der Waals surface area (Å²) in [5.74, 6) is 0.439. The van der Waals surface area contributed by atoms with Crippen molar-refractivity contribution in [2.75, 3.05) is 19.4 Å². The van der Waals surface area contributed by atoms with Gasteiger partial charge in [-0.15, -0.1) is 0 Å². The van der Waals surface area contributed by atoms with Gasteiger partial charge in [-0.05, 0) is 30.9 Å². The Labute approximate surface area is 138 Å². The number of nitrogens with zero attached hydrogens (tertiary/aromatic N) is 2. The lowest BCUT2D eigenvalue weighted by Crippen LogP contribution is -2.29. The fourth-order valence-electron chi connectivity index (χ4n) is 1.73. The van der Waals surface area contributed by atoms with E-state index >= 15 is 0 Å². The molecule has 5 nitrogen and oxygen atoms in total. The van der Waals surface area contributed by atoms with Crippen molar-refractivity contribution in [3.8, 4) is 5.75 Å². The molecular formula is C15H16ClN3O2S. The summed E-state index contributed by atoms with van der Waals surface area (Å²) in [6, 6.07) is 7.73. The first kappa shape index (κ1) is 16.6. The minimum atomic E-state index is -0.337. The number of ether oxygens (including phenoxy) is 1. The SMILES string of the molecule is CSc1ncc(Cl)c(C(=O)NCCOc2cccc(C)c2)n1. The Hall–Kier alpha value is -1.79. The number of thioether (sulfide) groups is 1. The van der Waals surface area contributed by atoms with Crippen LogP contribution in [0.5, 0.6) is 5.75 Å². The van der Waals surface area contributed by atoms with E-state index in [1.807, 2.05) is 37.4 Å². The van der Waals surface area contributed by atoms with Crippen molar-refractivity contribution in [3.63, 3.8) is 0 Å². The summed E-state index contributed by atoms with van der Waals surface area (Å²) >= 11 is 7.30. The number of halogens is 1. The Bertz CT molecular complexity index is 667. The number of carbonyl (C=O) groups is 1. The molecule has 0 unspecified atom stereocenters. The van der Waals surface area contributed by atoms with Gasteiger partial charge in [-0.3, -0.25) is 4.79 Å². The highest BCUT2D eigenvalue weighted by Crippen LogP contribution is 2.16. The van der Waals surface area contributed by atoms with E-state index in [2.05, 4.69) is 15.3 Å². The van der Waals surface area contributed by atoms with Gasteiger partial charge in [0.05, 0.1) is 17.8 Å². The number of benzene rings is 1. The van der Waals surface area contributed by atoms with Crippen molar-refractivity contribution in [2.24, 2.45) is 0 Å². The summed E-state index contributed by atoms with van der Waals surface area (Å²) in [5, 5.41) is 3.46. The first-order chi connectivity index (χ1) is 10.6. The van der Waals surface area contributed by atoms with Crippen molar-refractivity contribution in [1.82, 2.24) is 15.3 Å². The number of rotatable bonds is 6. The molecule has 0 bridgehead atoms. The zero-order valence-corrected chi connectivity index (χ0v) is 13.9. The standard InChI is InChI=1S/C15H16ClN3O2S/c1-10-4-3-5-11(8-10)21-7-6-17-14(20)13-12(16)9-18-15(19-13)22-2/h3-5,8-9H,6-7H2,1-2H3,(H,17,20). The van der Waals surface area contributed by atoms with Gasteiger partial charge in [0.1, 0.15) is 12.4 Å². The normalized spacial score (nSPS) is 10.3. The van der Waals surface area contributed by atoms with Gasteiger partial charge in [-0.25, -0.2) is 9.97 Å². The van der Waals surface area contributed by atoms with E-state index in [0.717, 1.165) is 11.3 Å². The Balaban J connectivity index is 1.85. The fourth-order valence-corrected chi connectivity index (χ4v) is 2.25. The zero-order chi connectivity index (χ0) is 15.9. The zero-order valence-electron chi connectivity index (χ0n) is 12.3. The molecule has 1 aromatic heterocycles. The van der Waals surface area contributed by atoms with Crippen LogP contribution in [-0.2, 0) is 0 Å². The van der Waals surface area contributed by atoms with Crippen molar-refractivity contribution in [3.05, 3.63) is 46.7 Å². The molecule has 0 saturated heterocycles. The molecule has 1 heterocycles. The number of aryl methyl sites for hydroxylation is 1. The fraction of sp³-hybridized carbons (Fsp3) is 0.267. The number of aromatic nitrogens is 2. The molecule has 1 aromatic carbocycles. The van der Waals surface area contributed by atoms with E-state index in [-0.39, 0.29) is 16.6 Å². The van der Waals surface area contributed by atoms with Crippen LogP contribution in [0.3, 0.4) is 0 Å². The van der Waals surface area contributed by atoms with Crippen LogP contribution in [0.2, 0.25) is 5.02 Å². The van der Waals surface area contributed by atoms with E-state index in [1.54, 1.807) is 0 Å². The van der Waals surface area contributed by atoms with Crippen LogP contribution in [0.15, 0.2) is 35.6 Å². The van der Waals surface area contributed by atoms with Gasteiger partial charge >= 0.3 is 0 Å². The van der Waals surface area contributed by atoms with E-state index in [4.69, 9.17) is 16.3 Å². The average Bonchev–Trinajstić information content (AvgIpc) is 2.52. The summed E-state index contributed by atoms with van der Waals surface area (Å²) in [6.45, 7) is 2.73. The predicted octanol–water partition coefficient (Wildman–Crippen LogP) is 2.97. The minimum Gasteiger partial charge on any atom is -0.492 e. The lowest BCUT2D eigenvalue weighted by molar-refractivity contribution is 0.0941. The second-order valence-corrected chi connectivity index (χ2v) is 5.65. The molecule has 0 aliphatic heterocycles. The van der Waals surface area contributed by atoms with Gasteiger partial charge in [-0.1, -0.05) is 35.5 Å². The van der Waals surface area contributed by atoms with Crippen LogP contribution in [0, 0.1) is 6.92 Å². The maximum absolute atomic E-state index is 12.0. The van der Waals surface area contributed by atoms with Crippen molar-refractivity contribution in [2.45, 2.75) is 12.1 Å². The van der Waals surface area contributed by atoms with Gasteiger partial charge in [0.25, 0.3) is 5.91 Å². The molecule has 0 spiro atoms. The molecule has 1 N–H and O–H groups in total. The first-order valence-corrected chi connectivity index (χ1v) is 8.24. The van der Waals surface area contributed by atoms with E-state index < -0.39 is 0 Å². The van der Waals surface area contributed by atoms with Crippen LogP contribution < -0.4 is 10.1 Å². The molecule has 116 valence electrons. The van der Waals surface area contributed by atoms with E-state index in [1.165, 1.54) is 18.0 Å². The minimum absolute atomic E-state index is 0.177. The Kier molecular flexibility index (Phi) is 6.03. The Morgan fingerprint density at radius 1 is 1.45 bits per heavy atom. The molecule has 2 rings (SSSR count). The maximum atomic E-state index is 12.0. The first-order valence-electron chi connectivity index (χ1n) is 6.64. The number of amides is 1. The largest absolute Gasteiger partial charge is 0.492 e. The van der Waals surface area contributed by atoms with Gasteiger partial charge in [0.15, 0.2) is 10.9 Å². The van der Waals surface area contributed by atoms with Crippen LogP contribution in [0.1, 0.15) is 16.1 Å². The summed E-state index contributed by atoms with van der Waals surface area (Å²) < 4.78 is 5.56.